The molecule has 0 bridgehead atoms. The molecular formula is C9H22N2O4S. The molecule has 0 saturated carbocycles. The molecule has 0 aromatic rings. The molecule has 0 amide bonds. The summed E-state index contributed by atoms with van der Waals surface area (Å²) < 4.78 is 32.1. The van der Waals surface area contributed by atoms with Gasteiger partial charge in [-0.1, -0.05) is 6.92 Å². The SMILES string of the molecule is COCCNS(=O)(=O)NCCCC(C)CO. The molecule has 0 spiro atoms. The molecule has 3 N–H and O–H groups in total. The highest BCUT2D eigenvalue weighted by Crippen LogP contribution is 2.02. The number of hydrogen-bond acceptors (Lipinski definition) is 4. The molecule has 0 heterocycles. The van der Waals surface area contributed by atoms with Gasteiger partial charge in [0, 0.05) is 26.8 Å². The van der Waals surface area contributed by atoms with Gasteiger partial charge in [-0.25, -0.2) is 4.72 Å². The van der Waals surface area contributed by atoms with Gasteiger partial charge in [-0.2, -0.15) is 13.1 Å². The highest BCUT2D eigenvalue weighted by atomic mass is 32.2. The predicted molar refractivity (Wildman–Crippen MR) is 62.3 cm³/mol. The van der Waals surface area contributed by atoms with E-state index in [9.17, 15) is 8.42 Å². The van der Waals surface area contributed by atoms with Crippen LogP contribution in [0.5, 0.6) is 0 Å². The molecule has 1 unspecified atom stereocenters. The van der Waals surface area contributed by atoms with E-state index in [0.29, 0.717) is 19.6 Å². The second kappa shape index (κ2) is 8.89. The van der Waals surface area contributed by atoms with Gasteiger partial charge >= 0.3 is 0 Å². The van der Waals surface area contributed by atoms with Crippen molar-refractivity contribution >= 4 is 10.2 Å². The van der Waals surface area contributed by atoms with E-state index in [-0.39, 0.29) is 19.1 Å². The summed E-state index contributed by atoms with van der Waals surface area (Å²) in [6.45, 7) is 3.05. The first-order chi connectivity index (χ1) is 7.52. The van der Waals surface area contributed by atoms with Crippen LogP contribution in [0.4, 0.5) is 0 Å². The van der Waals surface area contributed by atoms with Crippen molar-refractivity contribution < 1.29 is 18.3 Å². The zero-order valence-electron chi connectivity index (χ0n) is 9.90. The molecule has 7 heteroatoms. The Morgan fingerprint density at radius 2 is 1.94 bits per heavy atom. The topological polar surface area (TPSA) is 87.7 Å². The maximum Gasteiger partial charge on any atom is 0.276 e. The summed E-state index contributed by atoms with van der Waals surface area (Å²) >= 11 is 0. The van der Waals surface area contributed by atoms with Crippen molar-refractivity contribution in [1.82, 2.24) is 9.44 Å². The van der Waals surface area contributed by atoms with Crippen LogP contribution in [-0.4, -0.2) is 46.9 Å². The molecule has 6 nitrogen and oxygen atoms in total. The quantitative estimate of drug-likeness (QED) is 0.457. The predicted octanol–water partition coefficient (Wildman–Crippen LogP) is -0.535. The van der Waals surface area contributed by atoms with Crippen molar-refractivity contribution in [2.24, 2.45) is 5.92 Å². The fourth-order valence-electron chi connectivity index (χ4n) is 1.08. The minimum atomic E-state index is -3.40. The first-order valence-electron chi connectivity index (χ1n) is 5.36. The van der Waals surface area contributed by atoms with Crippen LogP contribution in [-0.2, 0) is 14.9 Å². The third-order valence-corrected chi connectivity index (χ3v) is 3.24. The smallest absolute Gasteiger partial charge is 0.276 e. The Morgan fingerprint density at radius 3 is 2.50 bits per heavy atom. The first-order valence-corrected chi connectivity index (χ1v) is 6.84. The third kappa shape index (κ3) is 9.05. The standard InChI is InChI=1S/C9H22N2O4S/c1-9(8-12)4-3-5-10-16(13,14)11-6-7-15-2/h9-12H,3-8H2,1-2H3. The number of nitrogens with one attached hydrogen (secondary N) is 2. The Kier molecular flexibility index (Phi) is 8.77. The molecule has 16 heavy (non-hydrogen) atoms. The lowest BCUT2D eigenvalue weighted by molar-refractivity contribution is 0.204. The summed E-state index contributed by atoms with van der Waals surface area (Å²) in [5, 5.41) is 8.77. The molecule has 98 valence electrons. The Hall–Kier alpha value is -0.210. The molecule has 0 aliphatic heterocycles. The number of rotatable bonds is 10. The summed E-state index contributed by atoms with van der Waals surface area (Å²) in [5.74, 6) is 0.214. The molecule has 0 aliphatic rings. The van der Waals surface area contributed by atoms with E-state index in [1.807, 2.05) is 6.92 Å². The largest absolute Gasteiger partial charge is 0.396 e. The van der Waals surface area contributed by atoms with Gasteiger partial charge < -0.3 is 9.84 Å². The number of hydrogen-bond donors (Lipinski definition) is 3. The van der Waals surface area contributed by atoms with Gasteiger partial charge in [-0.3, -0.25) is 0 Å². The number of aliphatic hydroxyl groups is 1. The second-order valence-electron chi connectivity index (χ2n) is 3.71. The van der Waals surface area contributed by atoms with E-state index >= 15 is 0 Å². The maximum atomic E-state index is 11.3. The van der Waals surface area contributed by atoms with E-state index in [1.165, 1.54) is 7.11 Å². The lowest BCUT2D eigenvalue weighted by atomic mass is 10.1. The van der Waals surface area contributed by atoms with E-state index < -0.39 is 10.2 Å². The van der Waals surface area contributed by atoms with Gasteiger partial charge in [-0.15, -0.1) is 0 Å². The van der Waals surface area contributed by atoms with E-state index in [2.05, 4.69) is 9.44 Å². The van der Waals surface area contributed by atoms with Crippen LogP contribution in [0.15, 0.2) is 0 Å². The molecule has 1 atom stereocenters. The highest BCUT2D eigenvalue weighted by molar-refractivity contribution is 7.87. The van der Waals surface area contributed by atoms with Crippen LogP contribution in [0.25, 0.3) is 0 Å². The maximum absolute atomic E-state index is 11.3. The number of ether oxygens (including phenoxy) is 1. The normalized spacial score (nSPS) is 13.9. The fraction of sp³-hybridized carbons (Fsp3) is 1.00. The molecule has 0 fully saturated rings. The van der Waals surface area contributed by atoms with Crippen LogP contribution in [0.1, 0.15) is 19.8 Å². The van der Waals surface area contributed by atoms with Gasteiger partial charge in [0.1, 0.15) is 0 Å². The summed E-state index contributed by atoms with van der Waals surface area (Å²) in [5.41, 5.74) is 0. The van der Waals surface area contributed by atoms with E-state index in [1.54, 1.807) is 0 Å². The lowest BCUT2D eigenvalue weighted by Gasteiger charge is -2.09. The molecular weight excluding hydrogens is 232 g/mol. The van der Waals surface area contributed by atoms with Crippen molar-refractivity contribution in [2.75, 3.05) is 33.4 Å². The van der Waals surface area contributed by atoms with Crippen molar-refractivity contribution in [3.63, 3.8) is 0 Å². The molecule has 0 aromatic heterocycles. The van der Waals surface area contributed by atoms with Crippen molar-refractivity contribution in [3.05, 3.63) is 0 Å². The number of methoxy groups -OCH3 is 1. The van der Waals surface area contributed by atoms with Crippen molar-refractivity contribution in [3.8, 4) is 0 Å². The monoisotopic (exact) mass is 254 g/mol. The summed E-state index contributed by atoms with van der Waals surface area (Å²) in [6, 6.07) is 0. The van der Waals surface area contributed by atoms with Crippen molar-refractivity contribution in [2.45, 2.75) is 19.8 Å². The van der Waals surface area contributed by atoms with E-state index in [0.717, 1.165) is 6.42 Å². The Morgan fingerprint density at radius 1 is 1.31 bits per heavy atom. The van der Waals surface area contributed by atoms with Gasteiger partial charge in [-0.05, 0) is 18.8 Å². The summed E-state index contributed by atoms with van der Waals surface area (Å²) in [4.78, 5) is 0. The van der Waals surface area contributed by atoms with Crippen LogP contribution >= 0.6 is 0 Å². The fourth-order valence-corrected chi connectivity index (χ4v) is 1.94. The van der Waals surface area contributed by atoms with Gasteiger partial charge in [0.2, 0.25) is 0 Å². The Balaban J connectivity index is 3.58. The molecule has 0 radical (unpaired) electrons. The molecule has 0 saturated heterocycles. The second-order valence-corrected chi connectivity index (χ2v) is 5.30. The average molecular weight is 254 g/mol. The molecule has 0 rings (SSSR count). The lowest BCUT2D eigenvalue weighted by Crippen LogP contribution is -2.38. The number of aliphatic hydroxyl groups excluding tert-OH is 1. The van der Waals surface area contributed by atoms with Gasteiger partial charge in [0.25, 0.3) is 10.2 Å². The molecule has 0 aromatic carbocycles. The highest BCUT2D eigenvalue weighted by Gasteiger charge is 2.07. The Bertz CT molecular complexity index is 256. The van der Waals surface area contributed by atoms with Crippen LogP contribution < -0.4 is 9.44 Å². The minimum Gasteiger partial charge on any atom is -0.396 e. The van der Waals surface area contributed by atoms with Crippen LogP contribution in [0, 0.1) is 5.92 Å². The zero-order valence-corrected chi connectivity index (χ0v) is 10.7. The average Bonchev–Trinajstić information content (AvgIpc) is 2.24. The first kappa shape index (κ1) is 15.8. The Labute approximate surface area is 97.6 Å². The van der Waals surface area contributed by atoms with Gasteiger partial charge in [0.05, 0.1) is 6.61 Å². The zero-order chi connectivity index (χ0) is 12.4. The van der Waals surface area contributed by atoms with E-state index in [4.69, 9.17) is 9.84 Å². The third-order valence-electron chi connectivity index (χ3n) is 2.08. The van der Waals surface area contributed by atoms with Gasteiger partial charge in [0.15, 0.2) is 0 Å². The minimum absolute atomic E-state index is 0.138. The van der Waals surface area contributed by atoms with Crippen molar-refractivity contribution in [1.29, 1.82) is 0 Å². The molecule has 0 aliphatic carbocycles. The van der Waals surface area contributed by atoms with Crippen LogP contribution in [0.2, 0.25) is 0 Å². The van der Waals surface area contributed by atoms with Crippen LogP contribution in [0.3, 0.4) is 0 Å². The summed E-state index contributed by atoms with van der Waals surface area (Å²) in [7, 11) is -1.89. The summed E-state index contributed by atoms with van der Waals surface area (Å²) in [6.07, 6.45) is 1.52.